The van der Waals surface area contributed by atoms with Gasteiger partial charge >= 0.3 is 0 Å². The van der Waals surface area contributed by atoms with Gasteiger partial charge in [0, 0.05) is 31.6 Å². The van der Waals surface area contributed by atoms with E-state index in [-0.39, 0.29) is 5.91 Å². The van der Waals surface area contributed by atoms with Crippen LogP contribution in [-0.2, 0) is 11.3 Å². The first kappa shape index (κ1) is 20.4. The fraction of sp³-hybridized carbons (Fsp3) is 0.300. The topological polar surface area (TPSA) is 36.4 Å². The molecule has 0 aliphatic carbocycles. The maximum atomic E-state index is 12.7. The van der Waals surface area contributed by atoms with Crippen molar-refractivity contribution >= 4 is 35.2 Å². The van der Waals surface area contributed by atoms with Crippen molar-refractivity contribution in [3.8, 4) is 0 Å². The van der Waals surface area contributed by atoms with Crippen LogP contribution in [-0.4, -0.2) is 47.9 Å². The average molecular weight is 392 g/mol. The number of nitrogens with zero attached hydrogens (tertiary/aromatic N) is 3. The fourth-order valence-corrected chi connectivity index (χ4v) is 2.77. The molecular formula is C20H23Cl2N3O. The van der Waals surface area contributed by atoms with E-state index in [2.05, 4.69) is 9.88 Å². The van der Waals surface area contributed by atoms with Gasteiger partial charge in [-0.15, -0.1) is 0 Å². The molecule has 0 saturated carbocycles. The molecule has 6 heteroatoms. The largest absolute Gasteiger partial charge is 0.335 e. The zero-order valence-electron chi connectivity index (χ0n) is 15.0. The number of carbonyl (C=O) groups excluding carboxylic acids is 1. The van der Waals surface area contributed by atoms with Gasteiger partial charge in [0.25, 0.3) is 0 Å². The number of aromatic nitrogens is 1. The van der Waals surface area contributed by atoms with Crippen molar-refractivity contribution in [2.24, 2.45) is 0 Å². The molecule has 0 aliphatic heterocycles. The lowest BCUT2D eigenvalue weighted by atomic mass is 10.2. The van der Waals surface area contributed by atoms with Crippen LogP contribution in [0.15, 0.2) is 48.8 Å². The predicted octanol–water partition coefficient (Wildman–Crippen LogP) is 4.38. The van der Waals surface area contributed by atoms with E-state index in [4.69, 9.17) is 23.2 Å². The molecule has 2 aromatic rings. The van der Waals surface area contributed by atoms with Crippen LogP contribution in [0.5, 0.6) is 0 Å². The molecule has 138 valence electrons. The monoisotopic (exact) mass is 391 g/mol. The summed E-state index contributed by atoms with van der Waals surface area (Å²) in [5.74, 6) is -0.0355. The first-order chi connectivity index (χ1) is 12.5. The van der Waals surface area contributed by atoms with Crippen LogP contribution < -0.4 is 0 Å². The van der Waals surface area contributed by atoms with E-state index in [0.29, 0.717) is 23.1 Å². The molecule has 0 bridgehead atoms. The van der Waals surface area contributed by atoms with Gasteiger partial charge in [-0.05, 0) is 68.5 Å². The Bertz CT molecular complexity index is 748. The summed E-state index contributed by atoms with van der Waals surface area (Å²) in [5.41, 5.74) is 1.89. The first-order valence-electron chi connectivity index (χ1n) is 8.41. The maximum absolute atomic E-state index is 12.7. The van der Waals surface area contributed by atoms with Gasteiger partial charge in [-0.3, -0.25) is 9.78 Å². The summed E-state index contributed by atoms with van der Waals surface area (Å²) in [5, 5.41) is 1.01. The van der Waals surface area contributed by atoms with E-state index >= 15 is 0 Å². The number of pyridine rings is 1. The molecular weight excluding hydrogens is 369 g/mol. The molecule has 2 rings (SSSR count). The molecule has 1 heterocycles. The molecule has 1 aromatic carbocycles. The minimum absolute atomic E-state index is 0.0355. The molecule has 4 nitrogen and oxygen atoms in total. The highest BCUT2D eigenvalue weighted by atomic mass is 35.5. The van der Waals surface area contributed by atoms with Gasteiger partial charge in [-0.1, -0.05) is 29.3 Å². The molecule has 0 spiro atoms. The van der Waals surface area contributed by atoms with Crippen molar-refractivity contribution in [1.82, 2.24) is 14.8 Å². The van der Waals surface area contributed by atoms with Crippen molar-refractivity contribution in [2.45, 2.75) is 13.0 Å². The molecule has 0 radical (unpaired) electrons. The van der Waals surface area contributed by atoms with Gasteiger partial charge in [0.2, 0.25) is 5.91 Å². The quantitative estimate of drug-likeness (QED) is 0.626. The Balaban J connectivity index is 2.09. The molecule has 0 aliphatic rings. The Morgan fingerprint density at radius 1 is 1.08 bits per heavy atom. The second kappa shape index (κ2) is 10.3. The fourth-order valence-electron chi connectivity index (χ4n) is 2.45. The Labute approximate surface area is 165 Å². The Morgan fingerprint density at radius 3 is 2.46 bits per heavy atom. The van der Waals surface area contributed by atoms with Gasteiger partial charge in [0.1, 0.15) is 0 Å². The number of hydrogen-bond donors (Lipinski definition) is 0. The minimum atomic E-state index is -0.0355. The molecule has 0 atom stereocenters. The van der Waals surface area contributed by atoms with E-state index in [0.717, 1.165) is 24.1 Å². The van der Waals surface area contributed by atoms with Crippen LogP contribution in [0, 0.1) is 0 Å². The molecule has 1 aromatic heterocycles. The Hall–Kier alpha value is -1.88. The second-order valence-corrected chi connectivity index (χ2v) is 7.09. The molecule has 0 saturated heterocycles. The molecule has 0 fully saturated rings. The van der Waals surface area contributed by atoms with Gasteiger partial charge in [0.15, 0.2) is 0 Å². The van der Waals surface area contributed by atoms with Crippen LogP contribution in [0.4, 0.5) is 0 Å². The van der Waals surface area contributed by atoms with Gasteiger partial charge in [-0.2, -0.15) is 0 Å². The van der Waals surface area contributed by atoms with Crippen LogP contribution >= 0.6 is 23.2 Å². The highest BCUT2D eigenvalue weighted by Crippen LogP contribution is 2.23. The standard InChI is InChI=1S/C20H23Cl2N3O/c1-24(2)12-3-13-25(15-17-4-6-18(21)19(22)14-17)20(26)7-5-16-8-10-23-11-9-16/h4-11,14H,3,12-13,15H2,1-2H3. The van der Waals surface area contributed by atoms with E-state index in [1.54, 1.807) is 30.6 Å². The smallest absolute Gasteiger partial charge is 0.246 e. The SMILES string of the molecule is CN(C)CCCN(Cc1ccc(Cl)c(Cl)c1)C(=O)C=Cc1ccncc1. The van der Waals surface area contributed by atoms with Crippen LogP contribution in [0.3, 0.4) is 0 Å². The minimum Gasteiger partial charge on any atom is -0.335 e. The van der Waals surface area contributed by atoms with Crippen molar-refractivity contribution in [3.05, 3.63) is 70.0 Å². The number of hydrogen-bond acceptors (Lipinski definition) is 3. The molecule has 0 N–H and O–H groups in total. The van der Waals surface area contributed by atoms with Crippen LogP contribution in [0.2, 0.25) is 10.0 Å². The summed E-state index contributed by atoms with van der Waals surface area (Å²) in [7, 11) is 4.04. The summed E-state index contributed by atoms with van der Waals surface area (Å²) in [4.78, 5) is 20.6. The lowest BCUT2D eigenvalue weighted by Crippen LogP contribution is -2.31. The average Bonchev–Trinajstić information content (AvgIpc) is 2.62. The van der Waals surface area contributed by atoms with Gasteiger partial charge < -0.3 is 9.80 Å². The predicted molar refractivity (Wildman–Crippen MR) is 108 cm³/mol. The van der Waals surface area contributed by atoms with Crippen molar-refractivity contribution < 1.29 is 4.79 Å². The van der Waals surface area contributed by atoms with Crippen molar-refractivity contribution in [2.75, 3.05) is 27.2 Å². The summed E-state index contributed by atoms with van der Waals surface area (Å²) < 4.78 is 0. The van der Waals surface area contributed by atoms with E-state index < -0.39 is 0 Å². The number of rotatable bonds is 8. The van der Waals surface area contributed by atoms with Crippen molar-refractivity contribution in [3.63, 3.8) is 0 Å². The summed E-state index contributed by atoms with van der Waals surface area (Å²) in [6.07, 6.45) is 7.70. The van der Waals surface area contributed by atoms with E-state index in [1.807, 2.05) is 43.3 Å². The number of amides is 1. The Kier molecular flexibility index (Phi) is 8.10. The second-order valence-electron chi connectivity index (χ2n) is 6.28. The number of halogens is 2. The summed E-state index contributed by atoms with van der Waals surface area (Å²) in [6, 6.07) is 9.18. The highest BCUT2D eigenvalue weighted by Gasteiger charge is 2.12. The third-order valence-electron chi connectivity index (χ3n) is 3.83. The zero-order valence-corrected chi connectivity index (χ0v) is 16.5. The third-order valence-corrected chi connectivity index (χ3v) is 4.57. The summed E-state index contributed by atoms with van der Waals surface area (Å²) in [6.45, 7) is 2.07. The first-order valence-corrected chi connectivity index (χ1v) is 9.17. The number of carbonyl (C=O) groups is 1. The normalized spacial score (nSPS) is 11.3. The highest BCUT2D eigenvalue weighted by molar-refractivity contribution is 6.42. The van der Waals surface area contributed by atoms with Gasteiger partial charge in [-0.25, -0.2) is 0 Å². The van der Waals surface area contributed by atoms with E-state index in [1.165, 1.54) is 0 Å². The van der Waals surface area contributed by atoms with Crippen LogP contribution in [0.25, 0.3) is 6.08 Å². The maximum Gasteiger partial charge on any atom is 0.246 e. The van der Waals surface area contributed by atoms with Crippen LogP contribution in [0.1, 0.15) is 17.5 Å². The lowest BCUT2D eigenvalue weighted by molar-refractivity contribution is -0.126. The molecule has 0 unspecified atom stereocenters. The summed E-state index contributed by atoms with van der Waals surface area (Å²) >= 11 is 12.1. The zero-order chi connectivity index (χ0) is 18.9. The van der Waals surface area contributed by atoms with Gasteiger partial charge in [0.05, 0.1) is 10.0 Å². The number of benzene rings is 1. The lowest BCUT2D eigenvalue weighted by Gasteiger charge is -2.22. The molecule has 1 amide bonds. The molecule has 26 heavy (non-hydrogen) atoms. The van der Waals surface area contributed by atoms with E-state index in [9.17, 15) is 4.79 Å². The Morgan fingerprint density at radius 2 is 1.81 bits per heavy atom. The third kappa shape index (κ3) is 6.79. The van der Waals surface area contributed by atoms with Crippen molar-refractivity contribution in [1.29, 1.82) is 0 Å².